The highest BCUT2D eigenvalue weighted by Crippen LogP contribution is 2.13. The Kier molecular flexibility index (Phi) is 7.97. The van der Waals surface area contributed by atoms with Crippen molar-refractivity contribution in [3.8, 4) is 0 Å². The zero-order chi connectivity index (χ0) is 11.3. The molecule has 16 heavy (non-hydrogen) atoms. The predicted molar refractivity (Wildman–Crippen MR) is 65.7 cm³/mol. The fraction of sp³-hybridized carbons (Fsp3) is 0.818. The number of nitrogens with one attached hydrogen (secondary N) is 1. The lowest BCUT2D eigenvalue weighted by Gasteiger charge is -2.31. The van der Waals surface area contributed by atoms with Gasteiger partial charge in [-0.1, -0.05) is 31.9 Å². The highest BCUT2D eigenvalue weighted by atomic mass is 35.5. The van der Waals surface area contributed by atoms with E-state index in [-0.39, 0.29) is 18.4 Å². The molecule has 4 atom stereocenters. The minimum Gasteiger partial charge on any atom is -0.388 e. The van der Waals surface area contributed by atoms with E-state index in [1.54, 1.807) is 6.08 Å². The summed E-state index contributed by atoms with van der Waals surface area (Å²) in [5, 5.41) is 31.5. The minimum absolute atomic E-state index is 0. The number of aliphatic hydroxyl groups excluding tert-OH is 3. The summed E-state index contributed by atoms with van der Waals surface area (Å²) in [7, 11) is 0. The second kappa shape index (κ2) is 8.03. The van der Waals surface area contributed by atoms with E-state index in [4.69, 9.17) is 0 Å². The molecule has 0 heterocycles. The standard InChI is InChI=1S/C11H21NO3.ClH/c1-2-3-4-7-12-8-5-6-9(13)11(15)10(8)14;/h5-6,8-15H,2-4,7H2,1H3;1H/t8-,9+,10+,11+;/m0./s1. The Morgan fingerprint density at radius 1 is 1.06 bits per heavy atom. The van der Waals surface area contributed by atoms with Crippen LogP contribution in [0.5, 0.6) is 0 Å². The number of aliphatic hydroxyl groups is 3. The van der Waals surface area contributed by atoms with Gasteiger partial charge in [-0.3, -0.25) is 0 Å². The molecule has 0 spiro atoms. The Bertz CT molecular complexity index is 213. The van der Waals surface area contributed by atoms with Gasteiger partial charge in [-0.25, -0.2) is 0 Å². The molecule has 0 aromatic heterocycles. The van der Waals surface area contributed by atoms with Crippen LogP contribution in [-0.2, 0) is 0 Å². The van der Waals surface area contributed by atoms with Crippen molar-refractivity contribution in [3.05, 3.63) is 12.2 Å². The van der Waals surface area contributed by atoms with Crippen molar-refractivity contribution in [2.24, 2.45) is 0 Å². The lowest BCUT2D eigenvalue weighted by atomic mass is 9.94. The highest BCUT2D eigenvalue weighted by molar-refractivity contribution is 5.85. The van der Waals surface area contributed by atoms with E-state index < -0.39 is 18.3 Å². The summed E-state index contributed by atoms with van der Waals surface area (Å²) in [6.07, 6.45) is 3.66. The number of rotatable bonds is 5. The molecule has 96 valence electrons. The smallest absolute Gasteiger partial charge is 0.111 e. The molecule has 0 saturated carbocycles. The lowest BCUT2D eigenvalue weighted by Crippen LogP contribution is -2.52. The van der Waals surface area contributed by atoms with Gasteiger partial charge in [-0.15, -0.1) is 12.4 Å². The zero-order valence-electron chi connectivity index (χ0n) is 9.54. The summed E-state index contributed by atoms with van der Waals surface area (Å²) in [5.41, 5.74) is 0. The first-order valence-corrected chi connectivity index (χ1v) is 5.62. The van der Waals surface area contributed by atoms with Crippen LogP contribution in [0.2, 0.25) is 0 Å². The predicted octanol–water partition coefficient (Wildman–Crippen LogP) is 0.209. The van der Waals surface area contributed by atoms with E-state index in [9.17, 15) is 15.3 Å². The summed E-state index contributed by atoms with van der Waals surface area (Å²) in [5.74, 6) is 0. The Balaban J connectivity index is 0.00000225. The molecule has 4 N–H and O–H groups in total. The fourth-order valence-corrected chi connectivity index (χ4v) is 1.71. The fourth-order valence-electron chi connectivity index (χ4n) is 1.71. The molecule has 0 fully saturated rings. The van der Waals surface area contributed by atoms with E-state index in [2.05, 4.69) is 12.2 Å². The molecular weight excluding hydrogens is 230 g/mol. The van der Waals surface area contributed by atoms with Crippen LogP contribution in [0, 0.1) is 0 Å². The van der Waals surface area contributed by atoms with Gasteiger partial charge in [0.2, 0.25) is 0 Å². The van der Waals surface area contributed by atoms with Gasteiger partial charge in [0.25, 0.3) is 0 Å². The second-order valence-electron chi connectivity index (χ2n) is 4.04. The molecule has 0 aromatic carbocycles. The molecule has 0 aliphatic heterocycles. The normalized spacial score (nSPS) is 33.5. The Morgan fingerprint density at radius 2 is 1.75 bits per heavy atom. The van der Waals surface area contributed by atoms with Crippen LogP contribution in [0.25, 0.3) is 0 Å². The summed E-state index contributed by atoms with van der Waals surface area (Å²) < 4.78 is 0. The number of hydrogen-bond acceptors (Lipinski definition) is 4. The van der Waals surface area contributed by atoms with Crippen LogP contribution < -0.4 is 5.32 Å². The number of hydrogen-bond donors (Lipinski definition) is 4. The van der Waals surface area contributed by atoms with Crippen LogP contribution in [0.15, 0.2) is 12.2 Å². The molecule has 1 aliphatic rings. The molecule has 0 saturated heterocycles. The van der Waals surface area contributed by atoms with E-state index in [1.165, 1.54) is 6.08 Å². The molecule has 0 amide bonds. The quantitative estimate of drug-likeness (QED) is 0.416. The monoisotopic (exact) mass is 251 g/mol. The van der Waals surface area contributed by atoms with Crippen molar-refractivity contribution in [1.82, 2.24) is 5.32 Å². The average molecular weight is 252 g/mol. The topological polar surface area (TPSA) is 72.7 Å². The summed E-state index contributed by atoms with van der Waals surface area (Å²) in [6.45, 7) is 2.96. The molecule has 1 rings (SSSR count). The van der Waals surface area contributed by atoms with Gasteiger partial charge in [0, 0.05) is 0 Å². The minimum atomic E-state index is -1.08. The van der Waals surface area contributed by atoms with Crippen molar-refractivity contribution >= 4 is 12.4 Å². The van der Waals surface area contributed by atoms with E-state index >= 15 is 0 Å². The van der Waals surface area contributed by atoms with Gasteiger partial charge in [-0.05, 0) is 13.0 Å². The van der Waals surface area contributed by atoms with Crippen LogP contribution in [0.3, 0.4) is 0 Å². The summed E-state index contributed by atoms with van der Waals surface area (Å²) in [6, 6.07) is -0.250. The molecule has 1 aliphatic carbocycles. The van der Waals surface area contributed by atoms with Crippen molar-refractivity contribution in [2.75, 3.05) is 6.54 Å². The van der Waals surface area contributed by atoms with Gasteiger partial charge >= 0.3 is 0 Å². The van der Waals surface area contributed by atoms with Crippen molar-refractivity contribution in [2.45, 2.75) is 50.5 Å². The largest absolute Gasteiger partial charge is 0.388 e. The second-order valence-corrected chi connectivity index (χ2v) is 4.04. The first-order chi connectivity index (χ1) is 7.16. The molecule has 4 nitrogen and oxygen atoms in total. The first kappa shape index (κ1) is 15.9. The maximum atomic E-state index is 9.64. The van der Waals surface area contributed by atoms with E-state index in [1.807, 2.05) is 0 Å². The zero-order valence-corrected chi connectivity index (χ0v) is 10.4. The molecule has 0 bridgehead atoms. The highest BCUT2D eigenvalue weighted by Gasteiger charge is 2.32. The van der Waals surface area contributed by atoms with Crippen molar-refractivity contribution < 1.29 is 15.3 Å². The van der Waals surface area contributed by atoms with E-state index in [0.29, 0.717) is 0 Å². The maximum absolute atomic E-state index is 9.64. The average Bonchev–Trinajstić information content (AvgIpc) is 2.24. The number of unbranched alkanes of at least 4 members (excludes halogenated alkanes) is 2. The SMILES string of the molecule is CCCCCN[C@H]1C=C[C@@H](O)[C@@H](O)[C@@H]1O.Cl. The van der Waals surface area contributed by atoms with Gasteiger partial charge < -0.3 is 20.6 Å². The van der Waals surface area contributed by atoms with Crippen LogP contribution >= 0.6 is 12.4 Å². The third-order valence-electron chi connectivity index (χ3n) is 2.74. The van der Waals surface area contributed by atoms with Crippen molar-refractivity contribution in [1.29, 1.82) is 0 Å². The van der Waals surface area contributed by atoms with Crippen LogP contribution in [0.4, 0.5) is 0 Å². The summed E-state index contributed by atoms with van der Waals surface area (Å²) in [4.78, 5) is 0. The van der Waals surface area contributed by atoms with Gasteiger partial charge in [0.05, 0.1) is 6.04 Å². The molecule has 0 unspecified atom stereocenters. The van der Waals surface area contributed by atoms with Crippen LogP contribution in [-0.4, -0.2) is 46.2 Å². The first-order valence-electron chi connectivity index (χ1n) is 5.62. The van der Waals surface area contributed by atoms with Gasteiger partial charge in [-0.2, -0.15) is 0 Å². The van der Waals surface area contributed by atoms with Gasteiger partial charge in [0.15, 0.2) is 0 Å². The van der Waals surface area contributed by atoms with Gasteiger partial charge in [0.1, 0.15) is 18.3 Å². The maximum Gasteiger partial charge on any atom is 0.111 e. The Morgan fingerprint density at radius 3 is 2.38 bits per heavy atom. The Hall–Kier alpha value is -0.130. The summed E-state index contributed by atoms with van der Waals surface area (Å²) >= 11 is 0. The third kappa shape index (κ3) is 4.39. The molecule has 0 radical (unpaired) electrons. The molecular formula is C11H22ClNO3. The van der Waals surface area contributed by atoms with Crippen molar-refractivity contribution in [3.63, 3.8) is 0 Å². The number of halogens is 1. The molecule has 5 heteroatoms. The lowest BCUT2D eigenvalue weighted by molar-refractivity contribution is -0.0564. The third-order valence-corrected chi connectivity index (χ3v) is 2.74. The Labute approximate surface area is 103 Å². The van der Waals surface area contributed by atoms with E-state index in [0.717, 1.165) is 25.8 Å². The molecule has 0 aromatic rings. The van der Waals surface area contributed by atoms with Crippen LogP contribution in [0.1, 0.15) is 26.2 Å².